The lowest BCUT2D eigenvalue weighted by atomic mass is 9.49. The van der Waals surface area contributed by atoms with Gasteiger partial charge in [-0.15, -0.1) is 0 Å². The molecule has 5 rings (SSSR count). The molecule has 3 heteroatoms. The number of nitrogens with one attached hydrogen (secondary N) is 1. The highest BCUT2D eigenvalue weighted by Crippen LogP contribution is 2.60. The van der Waals surface area contributed by atoms with Crippen molar-refractivity contribution in [2.45, 2.75) is 44.6 Å². The van der Waals surface area contributed by atoms with Crippen molar-refractivity contribution in [1.29, 1.82) is 0 Å². The van der Waals surface area contributed by atoms with Crippen LogP contribution in [-0.4, -0.2) is 17.6 Å². The van der Waals surface area contributed by atoms with E-state index < -0.39 is 6.10 Å². The average molecular weight is 299 g/mol. The zero-order valence-corrected chi connectivity index (χ0v) is 13.0. The molecule has 2 N–H and O–H groups in total. The lowest BCUT2D eigenvalue weighted by Crippen LogP contribution is -2.54. The average Bonchev–Trinajstić information content (AvgIpc) is 2.51. The second-order valence-corrected chi connectivity index (χ2v) is 7.83. The summed E-state index contributed by atoms with van der Waals surface area (Å²) in [4.78, 5) is 12.8. The summed E-state index contributed by atoms with van der Waals surface area (Å²) in [6.07, 6.45) is 6.65. The highest BCUT2D eigenvalue weighted by Gasteiger charge is 2.54. The van der Waals surface area contributed by atoms with Crippen molar-refractivity contribution >= 4 is 5.91 Å². The number of aliphatic hydroxyl groups is 1. The number of carbonyl (C=O) groups excluding carboxylic acids is 1. The lowest BCUT2D eigenvalue weighted by Gasteiger charge is -2.55. The monoisotopic (exact) mass is 299 g/mol. The maximum absolute atomic E-state index is 12.8. The van der Waals surface area contributed by atoms with Gasteiger partial charge >= 0.3 is 0 Å². The van der Waals surface area contributed by atoms with Gasteiger partial charge in [-0.25, -0.2) is 0 Å². The van der Waals surface area contributed by atoms with Crippen LogP contribution in [0, 0.1) is 23.2 Å². The highest BCUT2D eigenvalue weighted by atomic mass is 16.3. The predicted molar refractivity (Wildman–Crippen MR) is 85.0 cm³/mol. The van der Waals surface area contributed by atoms with Gasteiger partial charge in [0.1, 0.15) is 0 Å². The van der Waals surface area contributed by atoms with Crippen molar-refractivity contribution in [3.8, 4) is 0 Å². The first-order chi connectivity index (χ1) is 10.6. The van der Waals surface area contributed by atoms with E-state index in [4.69, 9.17) is 0 Å². The number of rotatable bonds is 4. The Labute approximate surface area is 132 Å². The summed E-state index contributed by atoms with van der Waals surface area (Å²) >= 11 is 0. The topological polar surface area (TPSA) is 49.3 Å². The summed E-state index contributed by atoms with van der Waals surface area (Å²) in [5.74, 6) is 2.52. The Bertz CT molecular complexity index is 519. The van der Waals surface area contributed by atoms with Crippen molar-refractivity contribution in [1.82, 2.24) is 5.32 Å². The van der Waals surface area contributed by atoms with E-state index in [1.165, 1.54) is 19.3 Å². The van der Waals surface area contributed by atoms with Gasteiger partial charge in [0.05, 0.1) is 6.10 Å². The van der Waals surface area contributed by atoms with Crippen LogP contribution < -0.4 is 5.32 Å². The van der Waals surface area contributed by atoms with Crippen LogP contribution in [0.1, 0.15) is 50.2 Å². The second-order valence-electron chi connectivity index (χ2n) is 7.83. The van der Waals surface area contributed by atoms with Crippen LogP contribution in [0.2, 0.25) is 0 Å². The van der Waals surface area contributed by atoms with E-state index in [0.29, 0.717) is 6.54 Å². The van der Waals surface area contributed by atoms with Crippen LogP contribution in [0.25, 0.3) is 0 Å². The van der Waals surface area contributed by atoms with Gasteiger partial charge in [-0.2, -0.15) is 0 Å². The normalized spacial score (nSPS) is 37.0. The molecule has 0 saturated heterocycles. The highest BCUT2D eigenvalue weighted by molar-refractivity contribution is 5.83. The Balaban J connectivity index is 1.40. The summed E-state index contributed by atoms with van der Waals surface area (Å²) in [7, 11) is 0. The zero-order valence-electron chi connectivity index (χ0n) is 13.0. The number of aliphatic hydroxyl groups excluding tert-OH is 1. The van der Waals surface area contributed by atoms with E-state index in [0.717, 1.165) is 42.6 Å². The van der Waals surface area contributed by atoms with Crippen molar-refractivity contribution < 1.29 is 9.90 Å². The number of hydrogen-bond donors (Lipinski definition) is 2. The number of carbonyl (C=O) groups is 1. The molecule has 0 radical (unpaired) electrons. The third kappa shape index (κ3) is 2.45. The fraction of sp³-hybridized carbons (Fsp3) is 0.632. The second kappa shape index (κ2) is 5.38. The Morgan fingerprint density at radius 3 is 2.18 bits per heavy atom. The van der Waals surface area contributed by atoms with Crippen LogP contribution >= 0.6 is 0 Å². The molecule has 4 aliphatic carbocycles. The summed E-state index contributed by atoms with van der Waals surface area (Å²) < 4.78 is 0. The Kier molecular flexibility index (Phi) is 3.48. The standard InChI is InChI=1S/C19H25NO2/c21-17(16-4-2-1-3-5-16)12-20-18(22)19-9-13-6-14(10-19)8-15(7-13)11-19/h1-5,13-15,17,21H,6-12H2,(H,20,22). The Morgan fingerprint density at radius 1 is 1.09 bits per heavy atom. The van der Waals surface area contributed by atoms with Crippen LogP contribution in [0.4, 0.5) is 0 Å². The minimum atomic E-state index is -0.612. The third-order valence-electron chi connectivity index (χ3n) is 6.16. The minimum absolute atomic E-state index is 0.120. The molecule has 1 aromatic carbocycles. The van der Waals surface area contributed by atoms with Crippen LogP contribution in [0.5, 0.6) is 0 Å². The van der Waals surface area contributed by atoms with Crippen molar-refractivity contribution in [3.05, 3.63) is 35.9 Å². The van der Waals surface area contributed by atoms with E-state index in [9.17, 15) is 9.90 Å². The Hall–Kier alpha value is -1.35. The van der Waals surface area contributed by atoms with E-state index in [-0.39, 0.29) is 11.3 Å². The van der Waals surface area contributed by atoms with E-state index in [1.807, 2.05) is 30.3 Å². The van der Waals surface area contributed by atoms with Gasteiger partial charge in [0.25, 0.3) is 0 Å². The third-order valence-corrected chi connectivity index (χ3v) is 6.16. The first-order valence-electron chi connectivity index (χ1n) is 8.66. The molecule has 1 atom stereocenters. The summed E-state index contributed by atoms with van der Waals surface area (Å²) in [5.41, 5.74) is 0.749. The summed E-state index contributed by atoms with van der Waals surface area (Å²) in [6.45, 7) is 0.324. The minimum Gasteiger partial charge on any atom is -0.387 e. The molecule has 1 unspecified atom stereocenters. The van der Waals surface area contributed by atoms with Crippen LogP contribution in [-0.2, 0) is 4.79 Å². The van der Waals surface area contributed by atoms with Gasteiger partial charge in [-0.3, -0.25) is 4.79 Å². The molecule has 4 aliphatic rings. The molecule has 0 heterocycles. The van der Waals surface area contributed by atoms with Gasteiger partial charge < -0.3 is 10.4 Å². The molecule has 0 aliphatic heterocycles. The van der Waals surface area contributed by atoms with Crippen molar-refractivity contribution in [3.63, 3.8) is 0 Å². The van der Waals surface area contributed by atoms with Gasteiger partial charge in [-0.05, 0) is 61.8 Å². The molecule has 0 aromatic heterocycles. The van der Waals surface area contributed by atoms with Gasteiger partial charge in [-0.1, -0.05) is 30.3 Å². The smallest absolute Gasteiger partial charge is 0.226 e. The molecule has 1 aromatic rings. The molecule has 4 fully saturated rings. The van der Waals surface area contributed by atoms with Crippen molar-refractivity contribution in [2.24, 2.45) is 23.2 Å². The van der Waals surface area contributed by atoms with Crippen LogP contribution in [0.15, 0.2) is 30.3 Å². The van der Waals surface area contributed by atoms with E-state index in [2.05, 4.69) is 5.32 Å². The van der Waals surface area contributed by atoms with Gasteiger partial charge in [0.2, 0.25) is 5.91 Å². The molecular weight excluding hydrogens is 274 g/mol. The van der Waals surface area contributed by atoms with Gasteiger partial charge in [0, 0.05) is 12.0 Å². The van der Waals surface area contributed by atoms with E-state index >= 15 is 0 Å². The first kappa shape index (κ1) is 14.3. The Morgan fingerprint density at radius 2 is 1.64 bits per heavy atom. The number of benzene rings is 1. The number of hydrogen-bond acceptors (Lipinski definition) is 2. The maximum Gasteiger partial charge on any atom is 0.226 e. The number of amides is 1. The lowest BCUT2D eigenvalue weighted by molar-refractivity contribution is -0.146. The molecule has 4 saturated carbocycles. The zero-order chi connectivity index (χ0) is 15.2. The molecule has 0 spiro atoms. The maximum atomic E-state index is 12.8. The van der Waals surface area contributed by atoms with E-state index in [1.54, 1.807) is 0 Å². The summed E-state index contributed by atoms with van der Waals surface area (Å²) in [5, 5.41) is 13.3. The first-order valence-corrected chi connectivity index (χ1v) is 8.66. The molecule has 118 valence electrons. The predicted octanol–water partition coefficient (Wildman–Crippen LogP) is 3.05. The molecule has 1 amide bonds. The fourth-order valence-corrected chi connectivity index (χ4v) is 5.56. The summed E-state index contributed by atoms with van der Waals surface area (Å²) in [6, 6.07) is 9.58. The van der Waals surface area contributed by atoms with Gasteiger partial charge in [0.15, 0.2) is 0 Å². The SMILES string of the molecule is O=C(NCC(O)c1ccccc1)C12CC3CC(CC(C3)C1)C2. The molecule has 3 nitrogen and oxygen atoms in total. The molecule has 22 heavy (non-hydrogen) atoms. The largest absolute Gasteiger partial charge is 0.387 e. The molecule has 4 bridgehead atoms. The van der Waals surface area contributed by atoms with Crippen LogP contribution in [0.3, 0.4) is 0 Å². The fourth-order valence-electron chi connectivity index (χ4n) is 5.56. The van der Waals surface area contributed by atoms with Crippen molar-refractivity contribution in [2.75, 3.05) is 6.54 Å². The molecular formula is C19H25NO2. The quantitative estimate of drug-likeness (QED) is 0.897.